The second-order valence-corrected chi connectivity index (χ2v) is 3.90. The van der Waals surface area contributed by atoms with Crippen molar-refractivity contribution in [3.63, 3.8) is 0 Å². The summed E-state index contributed by atoms with van der Waals surface area (Å²) < 4.78 is 0. The summed E-state index contributed by atoms with van der Waals surface area (Å²) in [5, 5.41) is 18.6. The lowest BCUT2D eigenvalue weighted by atomic mass is 9.97. The van der Waals surface area contributed by atoms with Crippen LogP contribution in [0, 0.1) is 6.92 Å². The maximum atomic E-state index is 11.1. The van der Waals surface area contributed by atoms with E-state index in [0.717, 1.165) is 5.56 Å². The molecule has 0 bridgehead atoms. The molecule has 0 aromatic heterocycles. The summed E-state index contributed by atoms with van der Waals surface area (Å²) >= 11 is 0. The number of aromatic carboxylic acids is 1. The van der Waals surface area contributed by atoms with Crippen LogP contribution in [0.3, 0.4) is 0 Å². The van der Waals surface area contributed by atoms with E-state index in [-0.39, 0.29) is 11.3 Å². The molecule has 3 heteroatoms. The van der Waals surface area contributed by atoms with Gasteiger partial charge in [-0.3, -0.25) is 0 Å². The predicted molar refractivity (Wildman–Crippen MR) is 65.2 cm³/mol. The molecule has 0 unspecified atom stereocenters. The highest BCUT2D eigenvalue weighted by Crippen LogP contribution is 2.27. The number of carbonyl (C=O) groups is 1. The first-order chi connectivity index (χ1) is 8.08. The molecule has 0 heterocycles. The molecule has 17 heavy (non-hydrogen) atoms. The minimum absolute atomic E-state index is 0.125. The minimum atomic E-state index is -0.969. The fourth-order valence-electron chi connectivity index (χ4n) is 1.76. The third kappa shape index (κ3) is 2.28. The number of phenols is 1. The number of aromatic hydroxyl groups is 1. The van der Waals surface area contributed by atoms with Gasteiger partial charge in [-0.2, -0.15) is 0 Å². The summed E-state index contributed by atoms with van der Waals surface area (Å²) in [7, 11) is 0. The topological polar surface area (TPSA) is 57.5 Å². The Bertz CT molecular complexity index is 573. The van der Waals surface area contributed by atoms with Crippen molar-refractivity contribution < 1.29 is 15.0 Å². The van der Waals surface area contributed by atoms with E-state index in [0.29, 0.717) is 11.1 Å². The molecule has 86 valence electrons. The Balaban J connectivity index is 2.65. The standard InChI is InChI=1S/C14H12O3/c1-9-5-6-12(14(16)17)13(7-9)10-3-2-4-11(15)8-10/h2-8,15H,1H3,(H,16,17). The molecule has 0 spiro atoms. The average molecular weight is 228 g/mol. The van der Waals surface area contributed by atoms with E-state index in [4.69, 9.17) is 5.11 Å². The van der Waals surface area contributed by atoms with Crippen LogP contribution in [0.1, 0.15) is 15.9 Å². The Morgan fingerprint density at radius 2 is 1.88 bits per heavy atom. The van der Waals surface area contributed by atoms with E-state index in [2.05, 4.69) is 0 Å². The van der Waals surface area contributed by atoms with Crippen LogP contribution in [0.2, 0.25) is 0 Å². The van der Waals surface area contributed by atoms with E-state index < -0.39 is 5.97 Å². The number of carboxylic acid groups (broad SMARTS) is 1. The van der Waals surface area contributed by atoms with Crippen LogP contribution in [0.4, 0.5) is 0 Å². The average Bonchev–Trinajstić information content (AvgIpc) is 2.28. The highest BCUT2D eigenvalue weighted by atomic mass is 16.4. The molecule has 2 rings (SSSR count). The first-order valence-corrected chi connectivity index (χ1v) is 5.21. The van der Waals surface area contributed by atoms with Crippen molar-refractivity contribution in [3.05, 3.63) is 53.6 Å². The number of benzene rings is 2. The maximum Gasteiger partial charge on any atom is 0.336 e. The Labute approximate surface area is 99.0 Å². The van der Waals surface area contributed by atoms with Crippen molar-refractivity contribution in [3.8, 4) is 16.9 Å². The van der Waals surface area contributed by atoms with Crippen LogP contribution in [0.15, 0.2) is 42.5 Å². The van der Waals surface area contributed by atoms with Crippen molar-refractivity contribution in [1.29, 1.82) is 0 Å². The van der Waals surface area contributed by atoms with Crippen LogP contribution >= 0.6 is 0 Å². The van der Waals surface area contributed by atoms with Crippen molar-refractivity contribution in [2.75, 3.05) is 0 Å². The summed E-state index contributed by atoms with van der Waals surface area (Å²) in [6.45, 7) is 1.90. The zero-order valence-corrected chi connectivity index (χ0v) is 9.34. The zero-order chi connectivity index (χ0) is 12.4. The number of aryl methyl sites for hydroxylation is 1. The van der Waals surface area contributed by atoms with Gasteiger partial charge in [0.2, 0.25) is 0 Å². The summed E-state index contributed by atoms with van der Waals surface area (Å²) in [6.07, 6.45) is 0. The first kappa shape index (κ1) is 11.2. The molecule has 0 saturated carbocycles. The summed E-state index contributed by atoms with van der Waals surface area (Å²) in [4.78, 5) is 11.1. The van der Waals surface area contributed by atoms with Crippen molar-refractivity contribution in [1.82, 2.24) is 0 Å². The number of phenolic OH excluding ortho intramolecular Hbond substituents is 1. The van der Waals surface area contributed by atoms with Gasteiger partial charge in [0, 0.05) is 0 Å². The molecule has 0 aliphatic carbocycles. The van der Waals surface area contributed by atoms with Crippen molar-refractivity contribution in [2.45, 2.75) is 6.92 Å². The largest absolute Gasteiger partial charge is 0.508 e. The highest BCUT2D eigenvalue weighted by Gasteiger charge is 2.11. The van der Waals surface area contributed by atoms with Gasteiger partial charge in [0.1, 0.15) is 5.75 Å². The molecule has 0 saturated heterocycles. The lowest BCUT2D eigenvalue weighted by Gasteiger charge is -2.08. The monoisotopic (exact) mass is 228 g/mol. The molecule has 0 atom stereocenters. The van der Waals surface area contributed by atoms with Crippen LogP contribution in [-0.2, 0) is 0 Å². The lowest BCUT2D eigenvalue weighted by Crippen LogP contribution is -1.99. The minimum Gasteiger partial charge on any atom is -0.508 e. The van der Waals surface area contributed by atoms with Gasteiger partial charge in [-0.1, -0.05) is 29.8 Å². The second kappa shape index (κ2) is 4.29. The lowest BCUT2D eigenvalue weighted by molar-refractivity contribution is 0.0697. The van der Waals surface area contributed by atoms with Crippen LogP contribution in [-0.4, -0.2) is 16.2 Å². The first-order valence-electron chi connectivity index (χ1n) is 5.21. The van der Waals surface area contributed by atoms with E-state index in [1.54, 1.807) is 42.5 Å². The number of carboxylic acids is 1. The number of hydrogen-bond acceptors (Lipinski definition) is 2. The number of rotatable bonds is 2. The Morgan fingerprint density at radius 3 is 2.53 bits per heavy atom. The molecule has 0 aliphatic rings. The maximum absolute atomic E-state index is 11.1. The molecule has 0 radical (unpaired) electrons. The molecule has 2 aromatic rings. The molecule has 2 aromatic carbocycles. The summed E-state index contributed by atoms with van der Waals surface area (Å²) in [6, 6.07) is 11.7. The molecule has 0 amide bonds. The van der Waals surface area contributed by atoms with E-state index in [1.807, 2.05) is 6.92 Å². The Hall–Kier alpha value is -2.29. The summed E-state index contributed by atoms with van der Waals surface area (Å²) in [5.41, 5.74) is 2.54. The van der Waals surface area contributed by atoms with E-state index in [1.165, 1.54) is 0 Å². The van der Waals surface area contributed by atoms with Crippen molar-refractivity contribution in [2.24, 2.45) is 0 Å². The van der Waals surface area contributed by atoms with Crippen molar-refractivity contribution >= 4 is 5.97 Å². The highest BCUT2D eigenvalue weighted by molar-refractivity contribution is 5.96. The fraction of sp³-hybridized carbons (Fsp3) is 0.0714. The van der Waals surface area contributed by atoms with Gasteiger partial charge in [-0.25, -0.2) is 4.79 Å². The molecule has 0 aliphatic heterocycles. The third-order valence-electron chi connectivity index (χ3n) is 2.56. The van der Waals surface area contributed by atoms with E-state index in [9.17, 15) is 9.90 Å². The van der Waals surface area contributed by atoms with Gasteiger partial charge in [-0.15, -0.1) is 0 Å². The third-order valence-corrected chi connectivity index (χ3v) is 2.56. The van der Waals surface area contributed by atoms with Gasteiger partial charge < -0.3 is 10.2 Å². The van der Waals surface area contributed by atoms with Gasteiger partial charge in [0.25, 0.3) is 0 Å². The Kier molecular flexibility index (Phi) is 2.83. The molecule has 0 fully saturated rings. The Morgan fingerprint density at radius 1 is 1.12 bits per heavy atom. The van der Waals surface area contributed by atoms with Gasteiger partial charge in [-0.05, 0) is 36.2 Å². The summed E-state index contributed by atoms with van der Waals surface area (Å²) in [5.74, 6) is -0.844. The van der Waals surface area contributed by atoms with Crippen LogP contribution in [0.5, 0.6) is 5.75 Å². The SMILES string of the molecule is Cc1ccc(C(=O)O)c(-c2cccc(O)c2)c1. The molecular weight excluding hydrogens is 216 g/mol. The van der Waals surface area contributed by atoms with Crippen LogP contribution in [0.25, 0.3) is 11.1 Å². The quantitative estimate of drug-likeness (QED) is 0.830. The van der Waals surface area contributed by atoms with Gasteiger partial charge in [0.05, 0.1) is 5.56 Å². The van der Waals surface area contributed by atoms with Crippen LogP contribution < -0.4 is 0 Å². The van der Waals surface area contributed by atoms with Gasteiger partial charge in [0.15, 0.2) is 0 Å². The number of hydrogen-bond donors (Lipinski definition) is 2. The smallest absolute Gasteiger partial charge is 0.336 e. The fourth-order valence-corrected chi connectivity index (χ4v) is 1.76. The zero-order valence-electron chi connectivity index (χ0n) is 9.34. The molecular formula is C14H12O3. The normalized spacial score (nSPS) is 10.2. The predicted octanol–water partition coefficient (Wildman–Crippen LogP) is 3.07. The second-order valence-electron chi connectivity index (χ2n) is 3.90. The van der Waals surface area contributed by atoms with E-state index >= 15 is 0 Å². The van der Waals surface area contributed by atoms with Gasteiger partial charge >= 0.3 is 5.97 Å². The molecule has 3 nitrogen and oxygen atoms in total. The molecule has 2 N–H and O–H groups in total.